The second-order valence-corrected chi connectivity index (χ2v) is 4.52. The number of hydrogen-bond donors (Lipinski definition) is 0. The summed E-state index contributed by atoms with van der Waals surface area (Å²) in [7, 11) is 0. The summed E-state index contributed by atoms with van der Waals surface area (Å²) in [6, 6.07) is 0. The van der Waals surface area contributed by atoms with Crippen molar-refractivity contribution < 1.29 is 0 Å². The van der Waals surface area contributed by atoms with Gasteiger partial charge in [0.05, 0.1) is 0 Å². The van der Waals surface area contributed by atoms with E-state index in [1.165, 1.54) is 25.7 Å². The summed E-state index contributed by atoms with van der Waals surface area (Å²) in [5.41, 5.74) is 0. The molecule has 0 heteroatoms. The molecule has 1 saturated carbocycles. The third-order valence-electron chi connectivity index (χ3n) is 2.84. The molecule has 0 saturated heterocycles. The van der Waals surface area contributed by atoms with E-state index in [1.54, 1.807) is 6.42 Å². The fourth-order valence-corrected chi connectivity index (χ4v) is 1.94. The van der Waals surface area contributed by atoms with Gasteiger partial charge in [-0.05, 0) is 30.6 Å². The van der Waals surface area contributed by atoms with Gasteiger partial charge in [0.25, 0.3) is 0 Å². The van der Waals surface area contributed by atoms with Crippen LogP contribution < -0.4 is 0 Å². The second-order valence-electron chi connectivity index (χ2n) is 4.52. The smallest absolute Gasteiger partial charge is 0.0383 e. The summed E-state index contributed by atoms with van der Waals surface area (Å²) < 4.78 is 0. The SMILES string of the molecule is CCCC1CC1CCC(C)C. The van der Waals surface area contributed by atoms with Crippen molar-refractivity contribution in [1.82, 2.24) is 0 Å². The maximum Gasteiger partial charge on any atom is -0.0383 e. The van der Waals surface area contributed by atoms with Crippen LogP contribution in [0.5, 0.6) is 0 Å². The Kier molecular flexibility index (Phi) is 3.42. The van der Waals surface area contributed by atoms with Crippen LogP contribution >= 0.6 is 0 Å². The molecule has 0 aromatic heterocycles. The van der Waals surface area contributed by atoms with Crippen molar-refractivity contribution in [2.24, 2.45) is 17.8 Å². The van der Waals surface area contributed by atoms with E-state index in [2.05, 4.69) is 20.8 Å². The first-order valence-corrected chi connectivity index (χ1v) is 5.24. The van der Waals surface area contributed by atoms with Crippen molar-refractivity contribution in [3.05, 3.63) is 0 Å². The van der Waals surface area contributed by atoms with Crippen molar-refractivity contribution in [3.63, 3.8) is 0 Å². The predicted octanol–water partition coefficient (Wildman–Crippen LogP) is 3.86. The minimum absolute atomic E-state index is 0.915. The molecule has 0 spiro atoms. The molecule has 11 heavy (non-hydrogen) atoms. The third-order valence-corrected chi connectivity index (χ3v) is 2.84. The van der Waals surface area contributed by atoms with Gasteiger partial charge in [-0.25, -0.2) is 0 Å². The van der Waals surface area contributed by atoms with Crippen LogP contribution in [0, 0.1) is 17.8 Å². The number of rotatable bonds is 5. The molecule has 0 radical (unpaired) electrons. The molecule has 0 aromatic carbocycles. The van der Waals surface area contributed by atoms with Gasteiger partial charge < -0.3 is 0 Å². The summed E-state index contributed by atoms with van der Waals surface area (Å²) in [4.78, 5) is 0. The summed E-state index contributed by atoms with van der Waals surface area (Å²) in [6.45, 7) is 6.96. The molecule has 0 aliphatic heterocycles. The minimum atomic E-state index is 0.915. The summed E-state index contributed by atoms with van der Waals surface area (Å²) in [5.74, 6) is 3.16. The molecule has 66 valence electrons. The zero-order valence-electron chi connectivity index (χ0n) is 8.27. The van der Waals surface area contributed by atoms with E-state index in [4.69, 9.17) is 0 Å². The molecule has 0 nitrogen and oxygen atoms in total. The molecule has 1 aliphatic carbocycles. The predicted molar refractivity (Wildman–Crippen MR) is 50.6 cm³/mol. The van der Waals surface area contributed by atoms with Gasteiger partial charge in [0.2, 0.25) is 0 Å². The Morgan fingerprint density at radius 2 is 1.82 bits per heavy atom. The van der Waals surface area contributed by atoms with E-state index in [0.29, 0.717) is 0 Å². The van der Waals surface area contributed by atoms with Gasteiger partial charge in [-0.2, -0.15) is 0 Å². The summed E-state index contributed by atoms with van der Waals surface area (Å²) in [5, 5.41) is 0. The third kappa shape index (κ3) is 3.27. The molecular weight excluding hydrogens is 132 g/mol. The van der Waals surface area contributed by atoms with Gasteiger partial charge in [0.15, 0.2) is 0 Å². The van der Waals surface area contributed by atoms with Gasteiger partial charge >= 0.3 is 0 Å². The van der Waals surface area contributed by atoms with Crippen LogP contribution in [0.25, 0.3) is 0 Å². The van der Waals surface area contributed by atoms with Crippen molar-refractivity contribution in [1.29, 1.82) is 0 Å². The maximum atomic E-state index is 2.33. The zero-order valence-corrected chi connectivity index (χ0v) is 8.27. The average molecular weight is 154 g/mol. The molecule has 1 fully saturated rings. The van der Waals surface area contributed by atoms with Gasteiger partial charge in [0, 0.05) is 0 Å². The highest BCUT2D eigenvalue weighted by molar-refractivity contribution is 4.85. The van der Waals surface area contributed by atoms with Crippen LogP contribution in [-0.2, 0) is 0 Å². The van der Waals surface area contributed by atoms with E-state index in [1.807, 2.05) is 0 Å². The topological polar surface area (TPSA) is 0 Å². The van der Waals surface area contributed by atoms with Crippen LogP contribution in [-0.4, -0.2) is 0 Å². The van der Waals surface area contributed by atoms with E-state index in [0.717, 1.165) is 17.8 Å². The Hall–Kier alpha value is 0. The van der Waals surface area contributed by atoms with Gasteiger partial charge in [-0.3, -0.25) is 0 Å². The lowest BCUT2D eigenvalue weighted by molar-refractivity contribution is 0.500. The van der Waals surface area contributed by atoms with Crippen LogP contribution in [0.2, 0.25) is 0 Å². The minimum Gasteiger partial charge on any atom is -0.0654 e. The molecule has 1 rings (SSSR count). The first-order chi connectivity index (χ1) is 5.24. The molecule has 2 atom stereocenters. The van der Waals surface area contributed by atoms with E-state index < -0.39 is 0 Å². The second kappa shape index (κ2) is 4.13. The first-order valence-electron chi connectivity index (χ1n) is 5.24. The molecule has 0 N–H and O–H groups in total. The van der Waals surface area contributed by atoms with Gasteiger partial charge in [0.1, 0.15) is 0 Å². The van der Waals surface area contributed by atoms with Crippen LogP contribution in [0.15, 0.2) is 0 Å². The van der Waals surface area contributed by atoms with Crippen LogP contribution in [0.3, 0.4) is 0 Å². The molecule has 0 heterocycles. The zero-order chi connectivity index (χ0) is 8.27. The Morgan fingerprint density at radius 1 is 1.18 bits per heavy atom. The summed E-state index contributed by atoms with van der Waals surface area (Å²) >= 11 is 0. The lowest BCUT2D eigenvalue weighted by Gasteiger charge is -2.02. The Bertz CT molecular complexity index is 105. The summed E-state index contributed by atoms with van der Waals surface area (Å²) in [6.07, 6.45) is 7.37. The normalized spacial score (nSPS) is 29.5. The van der Waals surface area contributed by atoms with Gasteiger partial charge in [-0.15, -0.1) is 0 Å². The highest BCUT2D eigenvalue weighted by atomic mass is 14.4. The van der Waals surface area contributed by atoms with Gasteiger partial charge in [-0.1, -0.05) is 40.0 Å². The molecule has 0 bridgehead atoms. The molecule has 0 amide bonds. The monoisotopic (exact) mass is 154 g/mol. The van der Waals surface area contributed by atoms with Crippen molar-refractivity contribution in [2.45, 2.75) is 52.9 Å². The van der Waals surface area contributed by atoms with Crippen molar-refractivity contribution >= 4 is 0 Å². The Balaban J connectivity index is 1.95. The fraction of sp³-hybridized carbons (Fsp3) is 1.00. The first kappa shape index (κ1) is 9.09. The maximum absolute atomic E-state index is 2.33. The molecule has 1 aliphatic rings. The highest BCUT2D eigenvalue weighted by Crippen LogP contribution is 2.45. The van der Waals surface area contributed by atoms with E-state index in [9.17, 15) is 0 Å². The van der Waals surface area contributed by atoms with E-state index >= 15 is 0 Å². The molecular formula is C11H22. The Labute approximate surface area is 71.4 Å². The molecule has 2 unspecified atom stereocenters. The van der Waals surface area contributed by atoms with E-state index in [-0.39, 0.29) is 0 Å². The van der Waals surface area contributed by atoms with Crippen LogP contribution in [0.4, 0.5) is 0 Å². The Morgan fingerprint density at radius 3 is 2.36 bits per heavy atom. The molecule has 0 aromatic rings. The highest BCUT2D eigenvalue weighted by Gasteiger charge is 2.34. The van der Waals surface area contributed by atoms with Crippen molar-refractivity contribution in [2.75, 3.05) is 0 Å². The van der Waals surface area contributed by atoms with Crippen molar-refractivity contribution in [3.8, 4) is 0 Å². The quantitative estimate of drug-likeness (QED) is 0.564. The lowest BCUT2D eigenvalue weighted by atomic mass is 10.0. The van der Waals surface area contributed by atoms with Crippen LogP contribution in [0.1, 0.15) is 52.9 Å². The standard InChI is InChI=1S/C11H22/c1-4-5-10-8-11(10)7-6-9(2)3/h9-11H,4-8H2,1-3H3. The average Bonchev–Trinajstić information content (AvgIpc) is 2.64. The number of hydrogen-bond acceptors (Lipinski definition) is 0. The lowest BCUT2D eigenvalue weighted by Crippen LogP contribution is -1.89. The largest absolute Gasteiger partial charge is 0.0654 e. The fourth-order valence-electron chi connectivity index (χ4n) is 1.94.